The van der Waals surface area contributed by atoms with Crippen molar-refractivity contribution in [2.75, 3.05) is 13.1 Å². The van der Waals surface area contributed by atoms with E-state index in [1.807, 2.05) is 30.3 Å². The van der Waals surface area contributed by atoms with Crippen LogP contribution in [0.5, 0.6) is 0 Å². The summed E-state index contributed by atoms with van der Waals surface area (Å²) in [6.07, 6.45) is 2.18. The van der Waals surface area contributed by atoms with E-state index >= 15 is 0 Å². The Kier molecular flexibility index (Phi) is 5.14. The van der Waals surface area contributed by atoms with Crippen LogP contribution in [0.1, 0.15) is 24.0 Å². The smallest absolute Gasteiger partial charge is 0.407 e. The van der Waals surface area contributed by atoms with E-state index in [1.54, 1.807) is 12.3 Å². The van der Waals surface area contributed by atoms with Crippen LogP contribution in [0.15, 0.2) is 47.4 Å². The SMILES string of the molecule is O=C(O)N1CCC(Cn2nccc(C#Cc3ccccc3)c2=O)CC1. The third-order valence-electron chi connectivity index (χ3n) is 4.34. The molecular weight excluding hydrogens is 318 g/mol. The van der Waals surface area contributed by atoms with Gasteiger partial charge < -0.3 is 10.0 Å². The van der Waals surface area contributed by atoms with Crippen LogP contribution in [0.3, 0.4) is 0 Å². The highest BCUT2D eigenvalue weighted by Crippen LogP contribution is 2.18. The standard InChI is InChI=1S/C19H19N3O3/c23-18-17(7-6-15-4-2-1-3-5-15)8-11-20-22(18)14-16-9-12-21(13-10-16)19(24)25/h1-5,8,11,16H,9-10,12-14H2,(H,24,25). The maximum Gasteiger partial charge on any atom is 0.407 e. The number of rotatable bonds is 2. The fourth-order valence-corrected chi connectivity index (χ4v) is 2.89. The quantitative estimate of drug-likeness (QED) is 0.851. The first-order valence-corrected chi connectivity index (χ1v) is 8.24. The minimum Gasteiger partial charge on any atom is -0.465 e. The lowest BCUT2D eigenvalue weighted by Gasteiger charge is -2.29. The van der Waals surface area contributed by atoms with Gasteiger partial charge in [0.05, 0.1) is 5.56 Å². The number of carboxylic acid groups (broad SMARTS) is 1. The second-order valence-corrected chi connectivity index (χ2v) is 6.06. The minimum atomic E-state index is -0.882. The molecule has 0 atom stereocenters. The summed E-state index contributed by atoms with van der Waals surface area (Å²) in [4.78, 5) is 24.9. The number of amides is 1. The maximum atomic E-state index is 12.5. The summed E-state index contributed by atoms with van der Waals surface area (Å²) in [6.45, 7) is 1.50. The molecule has 1 N–H and O–H groups in total. The van der Waals surface area contributed by atoms with Gasteiger partial charge in [0.1, 0.15) is 0 Å². The van der Waals surface area contributed by atoms with Gasteiger partial charge in [0.2, 0.25) is 0 Å². The van der Waals surface area contributed by atoms with Crippen LogP contribution in [0.25, 0.3) is 0 Å². The molecule has 2 aromatic rings. The third-order valence-corrected chi connectivity index (χ3v) is 4.34. The predicted octanol–water partition coefficient (Wildman–Crippen LogP) is 2.03. The predicted molar refractivity (Wildman–Crippen MR) is 93.2 cm³/mol. The number of piperidine rings is 1. The van der Waals surface area contributed by atoms with E-state index < -0.39 is 6.09 Å². The van der Waals surface area contributed by atoms with E-state index in [1.165, 1.54) is 9.58 Å². The highest BCUT2D eigenvalue weighted by Gasteiger charge is 2.23. The van der Waals surface area contributed by atoms with Crippen LogP contribution < -0.4 is 5.56 Å². The van der Waals surface area contributed by atoms with Crippen LogP contribution in [0, 0.1) is 17.8 Å². The van der Waals surface area contributed by atoms with Gasteiger partial charge in [-0.05, 0) is 37.0 Å². The van der Waals surface area contributed by atoms with Crippen molar-refractivity contribution in [1.82, 2.24) is 14.7 Å². The topological polar surface area (TPSA) is 75.4 Å². The Morgan fingerprint density at radius 3 is 2.56 bits per heavy atom. The molecule has 0 radical (unpaired) electrons. The van der Waals surface area contributed by atoms with Crippen molar-refractivity contribution in [1.29, 1.82) is 0 Å². The molecule has 0 saturated carbocycles. The second-order valence-electron chi connectivity index (χ2n) is 6.06. The van der Waals surface area contributed by atoms with Crippen molar-refractivity contribution in [2.45, 2.75) is 19.4 Å². The largest absolute Gasteiger partial charge is 0.465 e. The number of carbonyl (C=O) groups is 1. The lowest BCUT2D eigenvalue weighted by Crippen LogP contribution is -2.39. The van der Waals surface area contributed by atoms with Gasteiger partial charge in [-0.1, -0.05) is 30.0 Å². The lowest BCUT2D eigenvalue weighted by atomic mass is 9.97. The molecule has 1 amide bonds. The molecule has 6 heteroatoms. The first-order valence-electron chi connectivity index (χ1n) is 8.24. The average Bonchev–Trinajstić information content (AvgIpc) is 2.64. The second kappa shape index (κ2) is 7.67. The van der Waals surface area contributed by atoms with E-state index in [4.69, 9.17) is 5.11 Å². The molecule has 25 heavy (non-hydrogen) atoms. The number of hydrogen-bond acceptors (Lipinski definition) is 3. The number of benzene rings is 1. The monoisotopic (exact) mass is 337 g/mol. The first-order chi connectivity index (χ1) is 12.1. The van der Waals surface area contributed by atoms with Crippen molar-refractivity contribution in [3.63, 3.8) is 0 Å². The summed E-state index contributed by atoms with van der Waals surface area (Å²) in [5, 5.41) is 13.1. The van der Waals surface area contributed by atoms with Crippen molar-refractivity contribution in [3.05, 3.63) is 64.1 Å². The molecule has 0 spiro atoms. The van der Waals surface area contributed by atoms with Gasteiger partial charge in [0.15, 0.2) is 0 Å². The van der Waals surface area contributed by atoms with Gasteiger partial charge in [-0.15, -0.1) is 0 Å². The zero-order valence-electron chi connectivity index (χ0n) is 13.8. The maximum absolute atomic E-state index is 12.5. The Morgan fingerprint density at radius 1 is 1.16 bits per heavy atom. The number of nitrogens with zero attached hydrogens (tertiary/aromatic N) is 3. The van der Waals surface area contributed by atoms with Crippen molar-refractivity contribution in [2.24, 2.45) is 5.92 Å². The highest BCUT2D eigenvalue weighted by molar-refractivity contribution is 5.64. The van der Waals surface area contributed by atoms with E-state index in [0.717, 1.165) is 18.4 Å². The zero-order valence-corrected chi connectivity index (χ0v) is 13.8. The zero-order chi connectivity index (χ0) is 17.6. The molecule has 0 unspecified atom stereocenters. The van der Waals surface area contributed by atoms with E-state index in [-0.39, 0.29) is 11.5 Å². The van der Waals surface area contributed by atoms with Gasteiger partial charge in [0, 0.05) is 31.4 Å². The molecule has 128 valence electrons. The van der Waals surface area contributed by atoms with E-state index in [9.17, 15) is 9.59 Å². The normalized spacial score (nSPS) is 14.6. The Labute approximate surface area is 145 Å². The van der Waals surface area contributed by atoms with Gasteiger partial charge in [0.25, 0.3) is 5.56 Å². The fourth-order valence-electron chi connectivity index (χ4n) is 2.89. The molecule has 0 aliphatic carbocycles. The highest BCUT2D eigenvalue weighted by atomic mass is 16.4. The molecule has 0 bridgehead atoms. The molecule has 2 heterocycles. The molecule has 1 saturated heterocycles. The molecule has 1 fully saturated rings. The molecule has 1 aliphatic rings. The van der Waals surface area contributed by atoms with E-state index in [0.29, 0.717) is 25.2 Å². The molecule has 3 rings (SSSR count). The van der Waals surface area contributed by atoms with E-state index in [2.05, 4.69) is 16.9 Å². The van der Waals surface area contributed by atoms with Crippen molar-refractivity contribution < 1.29 is 9.90 Å². The van der Waals surface area contributed by atoms with Crippen LogP contribution in [0.2, 0.25) is 0 Å². The Hall–Kier alpha value is -3.07. The first kappa shape index (κ1) is 16.8. The molecule has 1 aromatic heterocycles. The summed E-state index contributed by atoms with van der Waals surface area (Å²) in [5.74, 6) is 6.16. The van der Waals surface area contributed by atoms with Gasteiger partial charge in [-0.2, -0.15) is 5.10 Å². The lowest BCUT2D eigenvalue weighted by molar-refractivity contribution is 0.120. The molecule has 1 aliphatic heterocycles. The molecule has 6 nitrogen and oxygen atoms in total. The summed E-state index contributed by atoms with van der Waals surface area (Å²) in [6, 6.07) is 11.1. The summed E-state index contributed by atoms with van der Waals surface area (Å²) >= 11 is 0. The summed E-state index contributed by atoms with van der Waals surface area (Å²) in [7, 11) is 0. The minimum absolute atomic E-state index is 0.202. The fraction of sp³-hybridized carbons (Fsp3) is 0.316. The van der Waals surface area contributed by atoms with Crippen LogP contribution in [-0.4, -0.2) is 39.0 Å². The van der Waals surface area contributed by atoms with Crippen molar-refractivity contribution in [3.8, 4) is 11.8 Å². The molecule has 1 aromatic carbocycles. The summed E-state index contributed by atoms with van der Waals surface area (Å²) < 4.78 is 1.44. The number of likely N-dealkylation sites (tertiary alicyclic amines) is 1. The Bertz CT molecular complexity index is 857. The van der Waals surface area contributed by atoms with Crippen LogP contribution in [-0.2, 0) is 6.54 Å². The molecular formula is C19H19N3O3. The van der Waals surface area contributed by atoms with Gasteiger partial charge >= 0.3 is 6.09 Å². The third kappa shape index (κ3) is 4.27. The van der Waals surface area contributed by atoms with Gasteiger partial charge in [-0.3, -0.25) is 4.79 Å². The number of aromatic nitrogens is 2. The average molecular weight is 337 g/mol. The van der Waals surface area contributed by atoms with Crippen LogP contribution in [0.4, 0.5) is 4.79 Å². The number of hydrogen-bond donors (Lipinski definition) is 1. The Morgan fingerprint density at radius 2 is 1.88 bits per heavy atom. The summed E-state index contributed by atoms with van der Waals surface area (Å²) in [5.41, 5.74) is 1.07. The van der Waals surface area contributed by atoms with Crippen LogP contribution >= 0.6 is 0 Å². The van der Waals surface area contributed by atoms with Crippen molar-refractivity contribution >= 4 is 6.09 Å². The Balaban J connectivity index is 1.71. The van der Waals surface area contributed by atoms with Gasteiger partial charge in [-0.25, -0.2) is 9.48 Å².